The Morgan fingerprint density at radius 3 is 2.68 bits per heavy atom. The predicted molar refractivity (Wildman–Crippen MR) is 83.8 cm³/mol. The van der Waals surface area contributed by atoms with Gasteiger partial charge >= 0.3 is 5.82 Å². The van der Waals surface area contributed by atoms with Crippen molar-refractivity contribution >= 4 is 33.3 Å². The molecule has 1 amide bonds. The zero-order valence-corrected chi connectivity index (χ0v) is 13.1. The number of nitrogens with zero attached hydrogens (tertiary/aromatic N) is 2. The number of carbonyl (C=O) groups excluding carboxylic acids is 1. The van der Waals surface area contributed by atoms with Crippen molar-refractivity contribution in [1.29, 1.82) is 0 Å². The predicted octanol–water partition coefficient (Wildman–Crippen LogP) is 3.16. The largest absolute Gasteiger partial charge is 0.473 e. The highest BCUT2D eigenvalue weighted by molar-refractivity contribution is 9.10. The lowest BCUT2D eigenvalue weighted by atomic mass is 10.3. The fourth-order valence-corrected chi connectivity index (χ4v) is 1.90. The van der Waals surface area contributed by atoms with Gasteiger partial charge in [0.25, 0.3) is 5.91 Å². The van der Waals surface area contributed by atoms with E-state index in [1.165, 1.54) is 25.3 Å². The number of hydrogen-bond acceptors (Lipinski definition) is 5. The quantitative estimate of drug-likeness (QED) is 0.648. The maximum absolute atomic E-state index is 12.0. The first-order chi connectivity index (χ1) is 10.5. The summed E-state index contributed by atoms with van der Waals surface area (Å²) >= 11 is 3.30. The number of carbonyl (C=O) groups is 1. The number of ether oxygens (including phenoxy) is 1. The van der Waals surface area contributed by atoms with Crippen LogP contribution in [0.1, 0.15) is 6.92 Å². The minimum atomic E-state index is -0.911. The van der Waals surface area contributed by atoms with Gasteiger partial charge < -0.3 is 20.2 Å². The second kappa shape index (κ2) is 6.99. The summed E-state index contributed by atoms with van der Waals surface area (Å²) in [6.07, 6.45) is 0.379. The molecule has 7 nitrogen and oxygen atoms in total. The van der Waals surface area contributed by atoms with Gasteiger partial charge in [-0.3, -0.25) is 4.79 Å². The van der Waals surface area contributed by atoms with Gasteiger partial charge in [-0.2, -0.15) is 0 Å². The molecule has 0 bridgehead atoms. The highest BCUT2D eigenvalue weighted by Gasteiger charge is 2.21. The van der Waals surface area contributed by atoms with Crippen LogP contribution in [0.15, 0.2) is 47.1 Å². The second-order valence-electron chi connectivity index (χ2n) is 4.34. The van der Waals surface area contributed by atoms with Crippen molar-refractivity contribution in [2.24, 2.45) is 0 Å². The molecule has 22 heavy (non-hydrogen) atoms. The molecule has 0 aliphatic carbocycles. The zero-order chi connectivity index (χ0) is 16.1. The number of nitrogens with one attached hydrogen (secondary N) is 1. The monoisotopic (exact) mass is 365 g/mol. The molecule has 8 heteroatoms. The van der Waals surface area contributed by atoms with Gasteiger partial charge in [-0.1, -0.05) is 15.9 Å². The summed E-state index contributed by atoms with van der Waals surface area (Å²) in [5.41, 5.74) is 0.601. The fraction of sp³-hybridized carbons (Fsp3) is 0.143. The number of pyridine rings is 1. The van der Waals surface area contributed by atoms with Gasteiger partial charge in [0, 0.05) is 10.2 Å². The number of aromatic nitrogens is 1. The van der Waals surface area contributed by atoms with Crippen molar-refractivity contribution in [2.75, 3.05) is 5.32 Å². The Bertz CT molecular complexity index is 691. The molecule has 0 radical (unpaired) electrons. The number of nitro groups is 1. The third kappa shape index (κ3) is 4.01. The van der Waals surface area contributed by atoms with Crippen molar-refractivity contribution in [3.8, 4) is 5.75 Å². The Labute approximate surface area is 134 Å². The van der Waals surface area contributed by atoms with Crippen LogP contribution in [0.2, 0.25) is 0 Å². The van der Waals surface area contributed by atoms with Crippen LogP contribution in [0.25, 0.3) is 0 Å². The van der Waals surface area contributed by atoms with E-state index in [0.29, 0.717) is 5.69 Å². The lowest BCUT2D eigenvalue weighted by Crippen LogP contribution is -2.30. The second-order valence-corrected chi connectivity index (χ2v) is 5.25. The Morgan fingerprint density at radius 1 is 1.36 bits per heavy atom. The van der Waals surface area contributed by atoms with Crippen molar-refractivity contribution in [3.05, 3.63) is 57.2 Å². The number of anilines is 1. The fourth-order valence-electron chi connectivity index (χ4n) is 1.63. The third-order valence-electron chi connectivity index (χ3n) is 2.71. The number of benzene rings is 1. The van der Waals surface area contributed by atoms with Gasteiger partial charge in [-0.25, -0.2) is 0 Å². The SMILES string of the molecule is CC(Oc1cccnc1[N+](=O)[O-])C(=O)Nc1ccc(Br)cc1. The van der Waals surface area contributed by atoms with Gasteiger partial charge in [0.1, 0.15) is 6.20 Å². The Morgan fingerprint density at radius 2 is 2.05 bits per heavy atom. The number of halogens is 1. The van der Waals surface area contributed by atoms with Crippen molar-refractivity contribution in [1.82, 2.24) is 4.98 Å². The highest BCUT2D eigenvalue weighted by atomic mass is 79.9. The number of hydrogen-bond donors (Lipinski definition) is 1. The molecule has 2 aromatic rings. The summed E-state index contributed by atoms with van der Waals surface area (Å²) < 4.78 is 6.23. The maximum atomic E-state index is 12.0. The van der Waals surface area contributed by atoms with Crippen molar-refractivity contribution in [2.45, 2.75) is 13.0 Å². The first-order valence-corrected chi connectivity index (χ1v) is 7.09. The highest BCUT2D eigenvalue weighted by Crippen LogP contribution is 2.24. The first kappa shape index (κ1) is 15.9. The molecular formula is C14H12BrN3O4. The summed E-state index contributed by atoms with van der Waals surface area (Å²) in [6, 6.07) is 9.92. The van der Waals surface area contributed by atoms with Crippen LogP contribution < -0.4 is 10.1 Å². The summed E-state index contributed by atoms with van der Waals surface area (Å²) in [6.45, 7) is 1.50. The summed E-state index contributed by atoms with van der Waals surface area (Å²) in [4.78, 5) is 25.9. The minimum Gasteiger partial charge on any atom is -0.473 e. The Kier molecular flexibility index (Phi) is 5.05. The molecule has 0 aliphatic heterocycles. The molecule has 114 valence electrons. The average Bonchev–Trinajstić information content (AvgIpc) is 2.49. The Balaban J connectivity index is 2.05. The molecule has 0 spiro atoms. The topological polar surface area (TPSA) is 94.4 Å². The van der Waals surface area contributed by atoms with Gasteiger partial charge in [-0.15, -0.1) is 0 Å². The normalized spacial score (nSPS) is 11.5. The molecule has 1 heterocycles. The smallest absolute Gasteiger partial charge is 0.406 e. The van der Waals surface area contributed by atoms with Crippen LogP contribution in [-0.4, -0.2) is 21.9 Å². The van der Waals surface area contributed by atoms with Crippen LogP contribution in [0.3, 0.4) is 0 Å². The molecule has 1 unspecified atom stereocenters. The van der Waals surface area contributed by atoms with Crippen LogP contribution in [0.4, 0.5) is 11.5 Å². The van der Waals surface area contributed by atoms with Gasteiger partial charge in [0.05, 0.1) is 0 Å². The van der Waals surface area contributed by atoms with Crippen LogP contribution >= 0.6 is 15.9 Å². The van der Waals surface area contributed by atoms with E-state index in [4.69, 9.17) is 4.74 Å². The summed E-state index contributed by atoms with van der Waals surface area (Å²) in [5, 5.41) is 13.5. The van der Waals surface area contributed by atoms with E-state index < -0.39 is 22.8 Å². The van der Waals surface area contributed by atoms with Crippen LogP contribution in [-0.2, 0) is 4.79 Å². The molecule has 1 N–H and O–H groups in total. The standard InChI is InChI=1S/C14H12BrN3O4/c1-9(14(19)17-11-6-4-10(15)5-7-11)22-12-3-2-8-16-13(12)18(20)21/h2-9H,1H3,(H,17,19). The number of amides is 1. The van der Waals surface area contributed by atoms with E-state index in [2.05, 4.69) is 26.2 Å². The maximum Gasteiger partial charge on any atom is 0.406 e. The van der Waals surface area contributed by atoms with E-state index in [9.17, 15) is 14.9 Å². The van der Waals surface area contributed by atoms with Crippen LogP contribution in [0, 0.1) is 10.1 Å². The lowest BCUT2D eigenvalue weighted by Gasteiger charge is -2.14. The first-order valence-electron chi connectivity index (χ1n) is 6.30. The van der Waals surface area contributed by atoms with E-state index in [1.807, 2.05) is 0 Å². The van der Waals surface area contributed by atoms with Gasteiger partial charge in [-0.05, 0) is 53.2 Å². The molecule has 0 saturated carbocycles. The molecule has 1 aromatic heterocycles. The minimum absolute atomic E-state index is 0.0500. The van der Waals surface area contributed by atoms with Crippen molar-refractivity contribution < 1.29 is 14.5 Å². The molecule has 1 atom stereocenters. The van der Waals surface area contributed by atoms with E-state index in [1.54, 1.807) is 24.3 Å². The van der Waals surface area contributed by atoms with E-state index in [-0.39, 0.29) is 5.75 Å². The molecule has 0 aliphatic rings. The third-order valence-corrected chi connectivity index (χ3v) is 3.24. The van der Waals surface area contributed by atoms with E-state index in [0.717, 1.165) is 4.47 Å². The summed E-state index contributed by atoms with van der Waals surface area (Å²) in [7, 11) is 0. The Hall–Kier alpha value is -2.48. The summed E-state index contributed by atoms with van der Waals surface area (Å²) in [5.74, 6) is -0.891. The molecule has 1 aromatic carbocycles. The van der Waals surface area contributed by atoms with Crippen molar-refractivity contribution in [3.63, 3.8) is 0 Å². The van der Waals surface area contributed by atoms with Gasteiger partial charge in [0.15, 0.2) is 6.10 Å². The molecule has 0 saturated heterocycles. The molecule has 2 rings (SSSR count). The molecular weight excluding hydrogens is 354 g/mol. The number of rotatable bonds is 5. The molecule has 0 fully saturated rings. The van der Waals surface area contributed by atoms with E-state index >= 15 is 0 Å². The lowest BCUT2D eigenvalue weighted by molar-refractivity contribution is -0.390. The van der Waals surface area contributed by atoms with Gasteiger partial charge in [0.2, 0.25) is 5.75 Å². The van der Waals surface area contributed by atoms with Crippen LogP contribution in [0.5, 0.6) is 5.75 Å². The zero-order valence-electron chi connectivity index (χ0n) is 11.5. The average molecular weight is 366 g/mol.